The van der Waals surface area contributed by atoms with Gasteiger partial charge < -0.3 is 72.1 Å². The van der Waals surface area contributed by atoms with E-state index in [0.29, 0.717) is 0 Å². The van der Waals surface area contributed by atoms with Crippen LogP contribution in [0.2, 0.25) is 0 Å². The fourth-order valence-electron chi connectivity index (χ4n) is 4.95. The smallest absolute Gasteiger partial charge is 0.185 e. The minimum absolute atomic E-state index is 0.135. The van der Waals surface area contributed by atoms with E-state index < -0.39 is 91.2 Å². The van der Waals surface area contributed by atoms with Crippen molar-refractivity contribution in [1.29, 1.82) is 0 Å². The summed E-state index contributed by atoms with van der Waals surface area (Å²) >= 11 is 0. The Balaban J connectivity index is 1.73. The second kappa shape index (κ2) is 10.8. The van der Waals surface area contributed by atoms with Crippen molar-refractivity contribution < 1.29 is 49.6 Å². The molecule has 200 valence electrons. The molecule has 3 aliphatic rings. The van der Waals surface area contributed by atoms with Crippen LogP contribution in [0.15, 0.2) is 0 Å². The molecule has 14 nitrogen and oxygen atoms in total. The lowest BCUT2D eigenvalue weighted by Crippen LogP contribution is -2.69. The topological polar surface area (TPSA) is 248 Å². The standard InChI is InChI=1S/C20H40N4O10/c1-6(25)14-11(27)10(26)9(23)18(32-14)33-15-7(21)4-8(22)16(12(15)28)34-19-13(29)17(24-3)20(2,30)5-31-19/h6-19,24-30H,4-5,21-23H2,1-3H3/t6-,7+,8-,9+,10+,11-,12+,13+,14+,15-,16+,17+,18+,19+,20-/m0/s1. The van der Waals surface area contributed by atoms with E-state index >= 15 is 0 Å². The highest BCUT2D eigenvalue weighted by Crippen LogP contribution is 2.32. The van der Waals surface area contributed by atoms with Gasteiger partial charge in [-0.05, 0) is 27.3 Å². The lowest BCUT2D eigenvalue weighted by molar-refractivity contribution is -0.319. The van der Waals surface area contributed by atoms with E-state index in [1.165, 1.54) is 13.8 Å². The molecule has 0 aromatic heterocycles. The van der Waals surface area contributed by atoms with Crippen LogP contribution < -0.4 is 22.5 Å². The van der Waals surface area contributed by atoms with Crippen molar-refractivity contribution >= 4 is 0 Å². The first-order valence-electron chi connectivity index (χ1n) is 11.4. The molecule has 0 amide bonds. The van der Waals surface area contributed by atoms with Gasteiger partial charge in [0.15, 0.2) is 12.6 Å². The van der Waals surface area contributed by atoms with Crippen molar-refractivity contribution in [2.75, 3.05) is 13.7 Å². The summed E-state index contributed by atoms with van der Waals surface area (Å²) in [4.78, 5) is 0. The Morgan fingerprint density at radius 2 is 1.50 bits per heavy atom. The number of aliphatic hydroxyl groups is 6. The third-order valence-corrected chi connectivity index (χ3v) is 6.95. The first kappa shape index (κ1) is 28.0. The molecule has 0 unspecified atom stereocenters. The Bertz CT molecular complexity index is 675. The number of hydrogen-bond donors (Lipinski definition) is 10. The second-order valence-electron chi connectivity index (χ2n) is 9.82. The zero-order valence-corrected chi connectivity index (χ0v) is 19.5. The van der Waals surface area contributed by atoms with Crippen LogP contribution >= 0.6 is 0 Å². The summed E-state index contributed by atoms with van der Waals surface area (Å²) in [5.74, 6) is 0. The van der Waals surface area contributed by atoms with Crippen LogP contribution in [0, 0.1) is 0 Å². The molecule has 2 heterocycles. The lowest BCUT2D eigenvalue weighted by Gasteiger charge is -2.49. The molecule has 3 rings (SSSR count). The molecule has 0 aromatic rings. The van der Waals surface area contributed by atoms with Crippen LogP contribution in [0.4, 0.5) is 0 Å². The monoisotopic (exact) mass is 496 g/mol. The lowest BCUT2D eigenvalue weighted by atomic mass is 9.84. The fourth-order valence-corrected chi connectivity index (χ4v) is 4.95. The van der Waals surface area contributed by atoms with E-state index in [9.17, 15) is 30.6 Å². The van der Waals surface area contributed by atoms with E-state index in [1.807, 2.05) is 0 Å². The van der Waals surface area contributed by atoms with Gasteiger partial charge in [0.2, 0.25) is 0 Å². The van der Waals surface area contributed by atoms with E-state index in [0.717, 1.165) is 0 Å². The van der Waals surface area contributed by atoms with Gasteiger partial charge in [-0.2, -0.15) is 0 Å². The molecule has 15 atom stereocenters. The van der Waals surface area contributed by atoms with E-state index in [4.69, 9.17) is 36.1 Å². The zero-order chi connectivity index (χ0) is 25.5. The highest BCUT2D eigenvalue weighted by atomic mass is 16.7. The third-order valence-electron chi connectivity index (χ3n) is 6.95. The number of hydrogen-bond acceptors (Lipinski definition) is 14. The molecule has 2 saturated heterocycles. The van der Waals surface area contributed by atoms with E-state index in [2.05, 4.69) is 5.32 Å². The van der Waals surface area contributed by atoms with Gasteiger partial charge in [-0.25, -0.2) is 0 Å². The molecule has 13 N–H and O–H groups in total. The predicted molar refractivity (Wildman–Crippen MR) is 116 cm³/mol. The molecular weight excluding hydrogens is 456 g/mol. The molecule has 0 spiro atoms. The van der Waals surface area contributed by atoms with E-state index in [1.54, 1.807) is 7.05 Å². The maximum atomic E-state index is 11.1. The molecule has 1 saturated carbocycles. The summed E-state index contributed by atoms with van der Waals surface area (Å²) in [6.45, 7) is 2.75. The summed E-state index contributed by atoms with van der Waals surface area (Å²) in [6, 6.07) is -3.47. The van der Waals surface area contributed by atoms with Crippen molar-refractivity contribution in [3.63, 3.8) is 0 Å². The van der Waals surface area contributed by atoms with Crippen LogP contribution in [-0.2, 0) is 18.9 Å². The Hall–Kier alpha value is -0.560. The quantitative estimate of drug-likeness (QED) is 0.165. The van der Waals surface area contributed by atoms with Crippen molar-refractivity contribution in [2.24, 2.45) is 17.2 Å². The Morgan fingerprint density at radius 1 is 0.941 bits per heavy atom. The molecule has 2 aliphatic heterocycles. The SMILES string of the molecule is CN[C@@H]1[C@@H](O)[C@@H](O[C@H]2[C@H](O)[C@@H](O[C@H]3O[C@H]([C@H](C)O)[C@@H](O)[C@H](O)[C@H]3N)[C@H](N)C[C@@H]2N)OC[C@]1(C)O. The Morgan fingerprint density at radius 3 is 2.03 bits per heavy atom. The van der Waals surface area contributed by atoms with Crippen LogP contribution in [0.5, 0.6) is 0 Å². The molecule has 3 fully saturated rings. The summed E-state index contributed by atoms with van der Waals surface area (Å²) < 4.78 is 22.8. The van der Waals surface area contributed by atoms with Crippen molar-refractivity contribution in [2.45, 2.75) is 111 Å². The first-order chi connectivity index (χ1) is 15.8. The molecule has 0 bridgehead atoms. The maximum Gasteiger partial charge on any atom is 0.185 e. The summed E-state index contributed by atoms with van der Waals surface area (Å²) in [5.41, 5.74) is 17.0. The van der Waals surface area contributed by atoms with Crippen molar-refractivity contribution in [3.05, 3.63) is 0 Å². The van der Waals surface area contributed by atoms with Crippen LogP contribution in [-0.4, -0.2) is 135 Å². The fraction of sp³-hybridized carbons (Fsp3) is 1.00. The van der Waals surface area contributed by atoms with Crippen molar-refractivity contribution in [3.8, 4) is 0 Å². The second-order valence-corrected chi connectivity index (χ2v) is 9.82. The largest absolute Gasteiger partial charge is 0.391 e. The summed E-state index contributed by atoms with van der Waals surface area (Å²) in [7, 11) is 1.58. The summed E-state index contributed by atoms with van der Waals surface area (Å²) in [6.07, 6.45) is -12.4. The van der Waals surface area contributed by atoms with E-state index in [-0.39, 0.29) is 13.0 Å². The first-order valence-corrected chi connectivity index (χ1v) is 11.4. The van der Waals surface area contributed by atoms with Gasteiger partial charge in [-0.1, -0.05) is 0 Å². The van der Waals surface area contributed by atoms with Gasteiger partial charge in [-0.3, -0.25) is 0 Å². The average Bonchev–Trinajstić information content (AvgIpc) is 2.75. The van der Waals surface area contributed by atoms with Gasteiger partial charge in [-0.15, -0.1) is 0 Å². The minimum Gasteiger partial charge on any atom is -0.391 e. The highest BCUT2D eigenvalue weighted by Gasteiger charge is 2.52. The number of ether oxygens (including phenoxy) is 4. The number of nitrogens with one attached hydrogen (secondary N) is 1. The minimum atomic E-state index is -1.46. The molecule has 34 heavy (non-hydrogen) atoms. The number of nitrogens with two attached hydrogens (primary N) is 3. The number of likely N-dealkylation sites (N-methyl/N-ethyl adjacent to an activating group) is 1. The molecule has 14 heteroatoms. The Labute approximate surface area is 197 Å². The molecule has 0 aromatic carbocycles. The van der Waals surface area contributed by atoms with Gasteiger partial charge in [0.05, 0.1) is 24.8 Å². The predicted octanol–water partition coefficient (Wildman–Crippen LogP) is -5.61. The number of rotatable bonds is 6. The zero-order valence-electron chi connectivity index (χ0n) is 19.5. The highest BCUT2D eigenvalue weighted by molar-refractivity contribution is 5.02. The van der Waals surface area contributed by atoms with Crippen molar-refractivity contribution in [1.82, 2.24) is 5.32 Å². The van der Waals surface area contributed by atoms with Crippen LogP contribution in [0.25, 0.3) is 0 Å². The average molecular weight is 497 g/mol. The third kappa shape index (κ3) is 5.40. The molecular formula is C20H40N4O10. The van der Waals surface area contributed by atoms with Gasteiger partial charge in [0, 0.05) is 12.1 Å². The summed E-state index contributed by atoms with van der Waals surface area (Å²) in [5, 5.41) is 65.2. The Kier molecular flexibility index (Phi) is 8.92. The van der Waals surface area contributed by atoms with Gasteiger partial charge in [0.1, 0.15) is 48.3 Å². The maximum absolute atomic E-state index is 11.1. The van der Waals surface area contributed by atoms with Gasteiger partial charge in [0.25, 0.3) is 0 Å². The molecule has 0 radical (unpaired) electrons. The number of aliphatic hydroxyl groups excluding tert-OH is 5. The van der Waals surface area contributed by atoms with Gasteiger partial charge >= 0.3 is 0 Å². The van der Waals surface area contributed by atoms with Crippen LogP contribution in [0.3, 0.4) is 0 Å². The molecule has 1 aliphatic carbocycles. The van der Waals surface area contributed by atoms with Crippen LogP contribution in [0.1, 0.15) is 20.3 Å². The normalized spacial score (nSPS) is 53.5.